The van der Waals surface area contributed by atoms with Crippen molar-refractivity contribution in [3.05, 3.63) is 28.2 Å². The van der Waals surface area contributed by atoms with Crippen molar-refractivity contribution < 1.29 is 18.0 Å². The maximum atomic E-state index is 12.4. The summed E-state index contributed by atoms with van der Waals surface area (Å²) in [6, 6.07) is 4.64. The predicted molar refractivity (Wildman–Crippen MR) is 110 cm³/mol. The van der Waals surface area contributed by atoms with Gasteiger partial charge in [-0.05, 0) is 31.0 Å². The summed E-state index contributed by atoms with van der Waals surface area (Å²) >= 11 is 11.8. The maximum Gasteiger partial charge on any atom is 0.244 e. The van der Waals surface area contributed by atoms with Crippen LogP contribution in [0, 0.1) is 0 Å². The quantitative estimate of drug-likeness (QED) is 0.534. The Balaban J connectivity index is 2.71. The zero-order valence-corrected chi connectivity index (χ0v) is 18.0. The Labute approximate surface area is 171 Å². The van der Waals surface area contributed by atoms with Gasteiger partial charge >= 0.3 is 0 Å². The fourth-order valence-corrected chi connectivity index (χ4v) is 4.24. The van der Waals surface area contributed by atoms with Crippen LogP contribution in [-0.2, 0) is 19.4 Å². The van der Waals surface area contributed by atoms with Crippen molar-refractivity contribution in [1.82, 2.24) is 4.90 Å². The van der Waals surface area contributed by atoms with Crippen molar-refractivity contribution in [3.8, 4) is 0 Å². The van der Waals surface area contributed by atoms with Crippen molar-refractivity contribution in [2.45, 2.75) is 39.5 Å². The molecule has 0 aromatic heterocycles. The predicted octanol–water partition coefficient (Wildman–Crippen LogP) is 3.78. The minimum absolute atomic E-state index is 0.0148. The van der Waals surface area contributed by atoms with Gasteiger partial charge in [-0.25, -0.2) is 8.42 Å². The number of nitrogens with zero attached hydrogens (tertiary/aromatic N) is 1. The molecule has 0 radical (unpaired) electrons. The summed E-state index contributed by atoms with van der Waals surface area (Å²) in [5.74, 6) is -1.61. The SMILES string of the molecule is CCCCCS(=O)(=O)CC(=O)N(CCC)CC(=O)Nc1ccc(Cl)cc1Cl. The van der Waals surface area contributed by atoms with Crippen LogP contribution < -0.4 is 5.32 Å². The first-order chi connectivity index (χ1) is 12.7. The zero-order valence-electron chi connectivity index (χ0n) is 15.6. The number of hydrogen-bond donors (Lipinski definition) is 1. The van der Waals surface area contributed by atoms with E-state index in [1.165, 1.54) is 11.0 Å². The second kappa shape index (κ2) is 11.5. The van der Waals surface area contributed by atoms with E-state index in [1.807, 2.05) is 13.8 Å². The average molecular weight is 437 g/mol. The second-order valence-electron chi connectivity index (χ2n) is 6.29. The third kappa shape index (κ3) is 8.95. The molecule has 27 heavy (non-hydrogen) atoms. The van der Waals surface area contributed by atoms with Gasteiger partial charge in [0.2, 0.25) is 11.8 Å². The minimum Gasteiger partial charge on any atom is -0.333 e. The summed E-state index contributed by atoms with van der Waals surface area (Å²) in [5.41, 5.74) is 0.377. The molecule has 1 N–H and O–H groups in total. The summed E-state index contributed by atoms with van der Waals surface area (Å²) in [5, 5.41) is 3.33. The van der Waals surface area contributed by atoms with Crippen molar-refractivity contribution in [3.63, 3.8) is 0 Å². The van der Waals surface area contributed by atoms with E-state index >= 15 is 0 Å². The first kappa shape index (κ1) is 23.7. The molecule has 1 aromatic rings. The molecule has 0 saturated carbocycles. The van der Waals surface area contributed by atoms with Crippen LogP contribution in [0.5, 0.6) is 0 Å². The molecular formula is C18H26Cl2N2O4S. The number of anilines is 1. The smallest absolute Gasteiger partial charge is 0.244 e. The molecule has 0 heterocycles. The van der Waals surface area contributed by atoms with E-state index in [-0.39, 0.29) is 17.3 Å². The van der Waals surface area contributed by atoms with Gasteiger partial charge in [-0.1, -0.05) is 49.9 Å². The normalized spacial score (nSPS) is 11.3. The van der Waals surface area contributed by atoms with Gasteiger partial charge in [0.15, 0.2) is 9.84 Å². The van der Waals surface area contributed by atoms with Crippen molar-refractivity contribution in [1.29, 1.82) is 0 Å². The molecule has 2 amide bonds. The van der Waals surface area contributed by atoms with E-state index in [4.69, 9.17) is 23.2 Å². The molecule has 0 saturated heterocycles. The molecule has 0 bridgehead atoms. The Kier molecular flexibility index (Phi) is 10.1. The number of halogens is 2. The standard InChI is InChI=1S/C18H26Cl2N2O4S/c1-3-5-6-10-27(25,26)13-18(24)22(9-4-2)12-17(23)21-16-8-7-14(19)11-15(16)20/h7-8,11H,3-6,9-10,12-13H2,1-2H3,(H,21,23). The lowest BCUT2D eigenvalue weighted by atomic mass is 10.3. The van der Waals surface area contributed by atoms with Crippen molar-refractivity contribution in [2.75, 3.05) is 29.9 Å². The number of benzene rings is 1. The Bertz CT molecular complexity index is 754. The summed E-state index contributed by atoms with van der Waals surface area (Å²) in [7, 11) is -3.48. The van der Waals surface area contributed by atoms with E-state index in [0.717, 1.165) is 12.8 Å². The highest BCUT2D eigenvalue weighted by Gasteiger charge is 2.23. The van der Waals surface area contributed by atoms with Crippen LogP contribution in [0.2, 0.25) is 10.0 Å². The lowest BCUT2D eigenvalue weighted by molar-refractivity contribution is -0.132. The topological polar surface area (TPSA) is 83.6 Å². The molecule has 0 aliphatic rings. The molecule has 6 nitrogen and oxygen atoms in total. The highest BCUT2D eigenvalue weighted by molar-refractivity contribution is 7.92. The first-order valence-electron chi connectivity index (χ1n) is 8.91. The Morgan fingerprint density at radius 3 is 2.41 bits per heavy atom. The molecule has 0 aliphatic heterocycles. The molecule has 152 valence electrons. The number of rotatable bonds is 11. The molecule has 0 aliphatic carbocycles. The molecule has 0 fully saturated rings. The van der Waals surface area contributed by atoms with Gasteiger partial charge in [0.05, 0.1) is 23.0 Å². The van der Waals surface area contributed by atoms with Crippen LogP contribution in [0.25, 0.3) is 0 Å². The Hall–Kier alpha value is -1.31. The highest BCUT2D eigenvalue weighted by atomic mass is 35.5. The molecule has 9 heteroatoms. The fraction of sp³-hybridized carbons (Fsp3) is 0.556. The van der Waals surface area contributed by atoms with Crippen LogP contribution in [0.15, 0.2) is 18.2 Å². The van der Waals surface area contributed by atoms with Gasteiger partial charge in [-0.15, -0.1) is 0 Å². The molecule has 1 rings (SSSR count). The number of carbonyl (C=O) groups excluding carboxylic acids is 2. The van der Waals surface area contributed by atoms with Gasteiger partial charge in [0, 0.05) is 11.6 Å². The number of unbranched alkanes of at least 4 members (excludes halogenated alkanes) is 2. The number of amides is 2. The Morgan fingerprint density at radius 2 is 1.81 bits per heavy atom. The number of carbonyl (C=O) groups is 2. The van der Waals surface area contributed by atoms with Crippen LogP contribution in [0.3, 0.4) is 0 Å². The number of nitrogens with one attached hydrogen (secondary N) is 1. The van der Waals surface area contributed by atoms with Gasteiger partial charge in [0.1, 0.15) is 5.75 Å². The third-order valence-electron chi connectivity index (χ3n) is 3.79. The summed E-state index contributed by atoms with van der Waals surface area (Å²) in [4.78, 5) is 25.9. The van der Waals surface area contributed by atoms with Crippen LogP contribution in [0.1, 0.15) is 39.5 Å². The summed E-state index contributed by atoms with van der Waals surface area (Å²) in [6.45, 7) is 3.89. The highest BCUT2D eigenvalue weighted by Crippen LogP contribution is 2.25. The van der Waals surface area contributed by atoms with Gasteiger partial charge in [-0.3, -0.25) is 9.59 Å². The molecule has 0 spiro atoms. The summed E-state index contributed by atoms with van der Waals surface area (Å²) in [6.07, 6.45) is 2.85. The van der Waals surface area contributed by atoms with E-state index in [2.05, 4.69) is 5.32 Å². The lowest BCUT2D eigenvalue weighted by Crippen LogP contribution is -2.41. The van der Waals surface area contributed by atoms with Crippen molar-refractivity contribution >= 4 is 50.5 Å². The van der Waals surface area contributed by atoms with E-state index in [1.54, 1.807) is 12.1 Å². The van der Waals surface area contributed by atoms with E-state index in [0.29, 0.717) is 30.1 Å². The number of sulfone groups is 1. The van der Waals surface area contributed by atoms with Crippen molar-refractivity contribution in [2.24, 2.45) is 0 Å². The van der Waals surface area contributed by atoms with Crippen LogP contribution in [-0.4, -0.2) is 49.7 Å². The maximum absolute atomic E-state index is 12.4. The molecule has 0 unspecified atom stereocenters. The molecular weight excluding hydrogens is 411 g/mol. The van der Waals surface area contributed by atoms with Gasteiger partial charge in [0.25, 0.3) is 0 Å². The minimum atomic E-state index is -3.48. The monoisotopic (exact) mass is 436 g/mol. The van der Waals surface area contributed by atoms with Gasteiger partial charge in [-0.2, -0.15) is 0 Å². The largest absolute Gasteiger partial charge is 0.333 e. The molecule has 0 atom stereocenters. The van der Waals surface area contributed by atoms with Gasteiger partial charge < -0.3 is 10.2 Å². The van der Waals surface area contributed by atoms with Crippen LogP contribution in [0.4, 0.5) is 5.69 Å². The third-order valence-corrected chi connectivity index (χ3v) is 5.93. The molecule has 1 aromatic carbocycles. The fourth-order valence-electron chi connectivity index (χ4n) is 2.44. The van der Waals surface area contributed by atoms with E-state index < -0.39 is 27.4 Å². The van der Waals surface area contributed by atoms with Crippen LogP contribution >= 0.6 is 23.2 Å². The number of hydrogen-bond acceptors (Lipinski definition) is 4. The Morgan fingerprint density at radius 1 is 1.11 bits per heavy atom. The summed E-state index contributed by atoms with van der Waals surface area (Å²) < 4.78 is 24.2. The zero-order chi connectivity index (χ0) is 20.4. The second-order valence-corrected chi connectivity index (χ2v) is 9.31. The average Bonchev–Trinajstić information content (AvgIpc) is 2.56. The lowest BCUT2D eigenvalue weighted by Gasteiger charge is -2.22. The van der Waals surface area contributed by atoms with E-state index in [9.17, 15) is 18.0 Å². The first-order valence-corrected chi connectivity index (χ1v) is 11.5.